The summed E-state index contributed by atoms with van der Waals surface area (Å²) in [6.07, 6.45) is 0.271. The molecule has 1 unspecified atom stereocenters. The van der Waals surface area contributed by atoms with Crippen LogP contribution in [-0.2, 0) is 16.0 Å². The van der Waals surface area contributed by atoms with Crippen molar-refractivity contribution in [1.82, 2.24) is 5.32 Å². The van der Waals surface area contributed by atoms with Gasteiger partial charge in [0.25, 0.3) is 5.91 Å². The van der Waals surface area contributed by atoms with Crippen LogP contribution in [0.25, 0.3) is 0 Å². The molecule has 2 aromatic rings. The highest BCUT2D eigenvalue weighted by Gasteiger charge is 2.22. The number of ether oxygens (including phenoxy) is 1. The Hall–Kier alpha value is -3.22. The zero-order valence-corrected chi connectivity index (χ0v) is 13.1. The van der Waals surface area contributed by atoms with E-state index in [1.807, 2.05) is 0 Å². The maximum atomic E-state index is 12.3. The Bertz CT molecular complexity index is 727. The van der Waals surface area contributed by atoms with Gasteiger partial charge in [0.05, 0.1) is 7.11 Å². The fourth-order valence-electron chi connectivity index (χ4n) is 2.14. The van der Waals surface area contributed by atoms with E-state index in [2.05, 4.69) is 10.5 Å². The number of hydrogen-bond donors (Lipinski definition) is 2. The third-order valence-corrected chi connectivity index (χ3v) is 3.45. The first-order chi connectivity index (χ1) is 11.5. The summed E-state index contributed by atoms with van der Waals surface area (Å²) in [5, 5.41) is 5.40. The predicted molar refractivity (Wildman–Crippen MR) is 89.7 cm³/mol. The number of nitrogens with two attached hydrogens (primary N) is 1. The molecule has 2 rings (SSSR count). The number of benzene rings is 2. The molecule has 0 aromatic heterocycles. The lowest BCUT2D eigenvalue weighted by Gasteiger charge is -2.17. The summed E-state index contributed by atoms with van der Waals surface area (Å²) in [5.74, 6) is -0.996. The standard InChI is InChI=1S/C17H17N3O4/c1-24-17(22)15(10-11-2-6-13(18)7-3-11)19-16(21)12-4-8-14(20-23)9-5-12/h2-9,15H,10,18H2,1H3,(H,19,21). The van der Waals surface area contributed by atoms with Crippen LogP contribution in [0.5, 0.6) is 0 Å². The number of nitrogens with zero attached hydrogens (tertiary/aromatic N) is 1. The summed E-state index contributed by atoms with van der Waals surface area (Å²) in [7, 11) is 1.26. The van der Waals surface area contributed by atoms with Crippen molar-refractivity contribution in [2.45, 2.75) is 12.5 Å². The minimum atomic E-state index is -0.838. The fraction of sp³-hybridized carbons (Fsp3) is 0.176. The summed E-state index contributed by atoms with van der Waals surface area (Å²) in [4.78, 5) is 34.6. The monoisotopic (exact) mass is 327 g/mol. The molecule has 0 aliphatic carbocycles. The van der Waals surface area contributed by atoms with Gasteiger partial charge in [-0.25, -0.2) is 4.79 Å². The molecule has 0 aliphatic rings. The molecule has 1 amide bonds. The van der Waals surface area contributed by atoms with Crippen LogP contribution in [0.15, 0.2) is 53.7 Å². The van der Waals surface area contributed by atoms with Gasteiger partial charge in [-0.15, -0.1) is 4.91 Å². The van der Waals surface area contributed by atoms with E-state index >= 15 is 0 Å². The first kappa shape index (κ1) is 17.1. The van der Waals surface area contributed by atoms with E-state index in [4.69, 9.17) is 10.5 Å². The number of carbonyl (C=O) groups is 2. The summed E-state index contributed by atoms with van der Waals surface area (Å²) in [6.45, 7) is 0. The molecule has 3 N–H and O–H groups in total. The lowest BCUT2D eigenvalue weighted by atomic mass is 10.0. The first-order valence-electron chi connectivity index (χ1n) is 7.20. The maximum absolute atomic E-state index is 12.3. The zero-order chi connectivity index (χ0) is 17.5. The Labute approximate surface area is 138 Å². The molecule has 2 aromatic carbocycles. The predicted octanol–water partition coefficient (Wildman–Crippen LogP) is 2.18. The van der Waals surface area contributed by atoms with E-state index in [1.165, 1.54) is 31.4 Å². The van der Waals surface area contributed by atoms with Crippen LogP contribution in [0.3, 0.4) is 0 Å². The van der Waals surface area contributed by atoms with Crippen molar-refractivity contribution in [1.29, 1.82) is 0 Å². The molecule has 0 aliphatic heterocycles. The van der Waals surface area contributed by atoms with E-state index in [1.54, 1.807) is 24.3 Å². The number of nitrogens with one attached hydrogen (secondary N) is 1. The van der Waals surface area contributed by atoms with Crippen LogP contribution >= 0.6 is 0 Å². The molecule has 124 valence electrons. The number of carbonyl (C=O) groups excluding carboxylic acids is 2. The molecule has 0 radical (unpaired) electrons. The zero-order valence-electron chi connectivity index (χ0n) is 13.1. The average Bonchev–Trinajstić information content (AvgIpc) is 2.62. The molecule has 7 nitrogen and oxygen atoms in total. The van der Waals surface area contributed by atoms with Crippen LogP contribution in [0, 0.1) is 4.91 Å². The molecule has 0 bridgehead atoms. The number of anilines is 1. The van der Waals surface area contributed by atoms with Gasteiger partial charge in [-0.05, 0) is 47.1 Å². The minimum Gasteiger partial charge on any atom is -0.467 e. The van der Waals surface area contributed by atoms with Crippen molar-refractivity contribution in [3.05, 3.63) is 64.6 Å². The maximum Gasteiger partial charge on any atom is 0.328 e. The summed E-state index contributed by atoms with van der Waals surface area (Å²) >= 11 is 0. The van der Waals surface area contributed by atoms with Crippen molar-refractivity contribution in [3.63, 3.8) is 0 Å². The molecule has 0 saturated heterocycles. The van der Waals surface area contributed by atoms with E-state index in [9.17, 15) is 14.5 Å². The van der Waals surface area contributed by atoms with E-state index in [0.29, 0.717) is 11.3 Å². The molecule has 0 spiro atoms. The summed E-state index contributed by atoms with van der Waals surface area (Å²) < 4.78 is 4.75. The average molecular weight is 327 g/mol. The van der Waals surface area contributed by atoms with Crippen molar-refractivity contribution in [2.75, 3.05) is 12.8 Å². The summed E-state index contributed by atoms with van der Waals surface area (Å²) in [6, 6.07) is 11.9. The molecule has 1 atom stereocenters. The van der Waals surface area contributed by atoms with Gasteiger partial charge >= 0.3 is 5.97 Å². The number of methoxy groups -OCH3 is 1. The Morgan fingerprint density at radius 3 is 2.29 bits per heavy atom. The first-order valence-corrected chi connectivity index (χ1v) is 7.20. The van der Waals surface area contributed by atoms with E-state index in [-0.39, 0.29) is 12.1 Å². The Kier molecular flexibility index (Phi) is 5.62. The lowest BCUT2D eigenvalue weighted by molar-refractivity contribution is -0.142. The topological polar surface area (TPSA) is 111 Å². The normalized spacial score (nSPS) is 11.4. The van der Waals surface area contributed by atoms with Gasteiger partial charge in [0.1, 0.15) is 11.7 Å². The van der Waals surface area contributed by atoms with Crippen molar-refractivity contribution < 1.29 is 14.3 Å². The van der Waals surface area contributed by atoms with E-state index in [0.717, 1.165) is 5.56 Å². The molecule has 7 heteroatoms. The highest BCUT2D eigenvalue weighted by molar-refractivity contribution is 5.97. The van der Waals surface area contributed by atoms with Crippen LogP contribution in [-0.4, -0.2) is 25.0 Å². The third-order valence-electron chi connectivity index (χ3n) is 3.45. The second kappa shape index (κ2) is 7.87. The number of nitroso groups, excluding NO2 is 1. The largest absolute Gasteiger partial charge is 0.467 e. The number of amides is 1. The number of esters is 1. The van der Waals surface area contributed by atoms with Gasteiger partial charge in [0.15, 0.2) is 0 Å². The Morgan fingerprint density at radius 1 is 1.12 bits per heavy atom. The highest BCUT2D eigenvalue weighted by Crippen LogP contribution is 2.13. The van der Waals surface area contributed by atoms with E-state index < -0.39 is 17.9 Å². The summed E-state index contributed by atoms with van der Waals surface area (Å²) in [5.41, 5.74) is 7.61. The highest BCUT2D eigenvalue weighted by atomic mass is 16.5. The Morgan fingerprint density at radius 2 is 1.75 bits per heavy atom. The molecular formula is C17H17N3O4. The Balaban J connectivity index is 2.12. The van der Waals surface area contributed by atoms with Crippen LogP contribution in [0.1, 0.15) is 15.9 Å². The third kappa shape index (κ3) is 4.39. The van der Waals surface area contributed by atoms with Crippen LogP contribution in [0.4, 0.5) is 11.4 Å². The smallest absolute Gasteiger partial charge is 0.328 e. The van der Waals surface area contributed by atoms with Crippen molar-refractivity contribution in [2.24, 2.45) is 5.18 Å². The van der Waals surface area contributed by atoms with Gasteiger partial charge in [0, 0.05) is 17.7 Å². The number of hydrogen-bond acceptors (Lipinski definition) is 6. The van der Waals surface area contributed by atoms with Gasteiger partial charge < -0.3 is 15.8 Å². The molecule has 0 fully saturated rings. The molecular weight excluding hydrogens is 310 g/mol. The molecule has 24 heavy (non-hydrogen) atoms. The van der Waals surface area contributed by atoms with Gasteiger partial charge in [0.2, 0.25) is 0 Å². The lowest BCUT2D eigenvalue weighted by Crippen LogP contribution is -2.43. The molecule has 0 saturated carbocycles. The minimum absolute atomic E-state index is 0.220. The fourth-order valence-corrected chi connectivity index (χ4v) is 2.14. The van der Waals surface area contributed by atoms with Crippen molar-refractivity contribution >= 4 is 23.3 Å². The van der Waals surface area contributed by atoms with Gasteiger partial charge in [-0.3, -0.25) is 4.79 Å². The van der Waals surface area contributed by atoms with Gasteiger partial charge in [-0.1, -0.05) is 12.1 Å². The number of rotatable bonds is 6. The SMILES string of the molecule is COC(=O)C(Cc1ccc(N)cc1)NC(=O)c1ccc(N=O)cc1. The second-order valence-corrected chi connectivity index (χ2v) is 5.13. The van der Waals surface area contributed by atoms with Gasteiger partial charge in [-0.2, -0.15) is 0 Å². The van der Waals surface area contributed by atoms with Crippen molar-refractivity contribution in [3.8, 4) is 0 Å². The number of nitrogen functional groups attached to an aromatic ring is 1. The van der Waals surface area contributed by atoms with Crippen LogP contribution in [0.2, 0.25) is 0 Å². The quantitative estimate of drug-likeness (QED) is 0.480. The van der Waals surface area contributed by atoms with Crippen LogP contribution < -0.4 is 11.1 Å². The molecule has 0 heterocycles. The second-order valence-electron chi connectivity index (χ2n) is 5.13.